The van der Waals surface area contributed by atoms with Crippen molar-refractivity contribution in [3.05, 3.63) is 237 Å². The fourth-order valence-corrected chi connectivity index (χ4v) is 16.3. The van der Waals surface area contributed by atoms with Gasteiger partial charge in [-0.3, -0.25) is 19.7 Å². The van der Waals surface area contributed by atoms with Crippen LogP contribution in [0.5, 0.6) is 0 Å². The van der Waals surface area contributed by atoms with Crippen LogP contribution in [0.25, 0.3) is 88.0 Å². The molecule has 4 aliphatic rings. The number of halogens is 9. The Labute approximate surface area is 859 Å². The summed E-state index contributed by atoms with van der Waals surface area (Å²) in [7, 11) is 7.36. The summed E-state index contributed by atoms with van der Waals surface area (Å²) in [5.41, 5.74) is 27.8. The van der Waals surface area contributed by atoms with Crippen molar-refractivity contribution in [2.75, 3.05) is 127 Å². The number of aromatic nitrogens is 8. The molecule has 8 aromatic heterocycles. The Morgan fingerprint density at radius 2 is 0.737 bits per heavy atom. The Hall–Kier alpha value is -8.36. The molecule has 0 unspecified atom stereocenters. The largest absolute Gasteiger partial charge is 1.00 e. The third-order valence-corrected chi connectivity index (χ3v) is 23.3. The molecule has 0 radical (unpaired) electrons. The minimum Gasteiger partial charge on any atom is -0.870 e. The molecule has 133 heavy (non-hydrogen) atoms. The van der Waals surface area contributed by atoms with Gasteiger partial charge in [0.1, 0.15) is 22.3 Å². The predicted octanol–water partition coefficient (Wildman–Crippen LogP) is 19.6. The number of imidazole rings is 4. The van der Waals surface area contributed by atoms with Crippen molar-refractivity contribution in [2.24, 2.45) is 0 Å². The second-order valence-corrected chi connectivity index (χ2v) is 35.9. The van der Waals surface area contributed by atoms with Gasteiger partial charge in [-0.15, -0.1) is 11.6 Å². The minimum absolute atomic E-state index is 0. The van der Waals surface area contributed by atoms with Crippen molar-refractivity contribution in [1.82, 2.24) is 63.1 Å². The summed E-state index contributed by atoms with van der Waals surface area (Å²) >= 11 is 39.3. The number of carboxylic acid groups (broad SMARTS) is 1. The van der Waals surface area contributed by atoms with E-state index in [2.05, 4.69) is 123 Å². The molecule has 1 amide bonds. The Balaban J connectivity index is 0.000000172. The second-order valence-electron chi connectivity index (χ2n) is 30.6. The number of benzene rings is 8. The van der Waals surface area contributed by atoms with E-state index in [-0.39, 0.29) is 85.8 Å². The van der Waals surface area contributed by atoms with Crippen molar-refractivity contribution in [2.45, 2.75) is 91.8 Å². The number of nitrogens with zero attached hydrogens (tertiary/aromatic N) is 12. The van der Waals surface area contributed by atoms with Gasteiger partial charge in [0, 0.05) is 115 Å². The number of carbonyl (C=O) groups excluding carboxylic acids is 3. The van der Waals surface area contributed by atoms with Gasteiger partial charge in [-0.1, -0.05) is 116 Å². The molecule has 10 N–H and O–H groups in total. The van der Waals surface area contributed by atoms with Crippen molar-refractivity contribution in [3.8, 4) is 0 Å². The molecule has 0 spiro atoms. The maximum absolute atomic E-state index is 12.9. The number of hydrogen-bond acceptors (Lipinski definition) is 22. The molecule has 8 aromatic carbocycles. The number of alkyl halides is 1. The van der Waals surface area contributed by atoms with E-state index in [9.17, 15) is 19.2 Å². The summed E-state index contributed by atoms with van der Waals surface area (Å²) in [6, 6.07) is 58.7. The Bertz CT molecular complexity index is 6080. The van der Waals surface area contributed by atoms with Gasteiger partial charge in [0.25, 0.3) is 16.4 Å². The number of nitrogens with one attached hydrogen (secondary N) is 2. The zero-order valence-electron chi connectivity index (χ0n) is 74.0. The zero-order chi connectivity index (χ0) is 93.5. The summed E-state index contributed by atoms with van der Waals surface area (Å²) in [6.07, 6.45) is 10.6. The number of H-pyrrole nitrogens is 1. The van der Waals surface area contributed by atoms with Crippen molar-refractivity contribution in [3.63, 3.8) is 0 Å². The quantitative estimate of drug-likeness (QED) is 0.0249. The molecule has 4 saturated heterocycles. The number of rotatable bonds is 19. The van der Waals surface area contributed by atoms with E-state index >= 15 is 0 Å². The first-order valence-electron chi connectivity index (χ1n) is 42.9. The summed E-state index contributed by atoms with van der Waals surface area (Å²) in [5.74, 6) is 2.10. The fourth-order valence-electron chi connectivity index (χ4n) is 15.2. The Morgan fingerprint density at radius 1 is 0.429 bits per heavy atom. The van der Waals surface area contributed by atoms with Crippen LogP contribution in [0.15, 0.2) is 212 Å². The molecule has 0 bridgehead atoms. The number of para-hydroxylation sites is 8. The normalized spacial score (nSPS) is 13.6. The molecule has 16 aromatic rings. The number of amides is 1. The summed E-state index contributed by atoms with van der Waals surface area (Å²) in [6.45, 7) is 26.7. The summed E-state index contributed by atoms with van der Waals surface area (Å²) in [5, 5.41) is 15.8. The number of fused-ring (bicyclic) bond motifs is 8. The Morgan fingerprint density at radius 3 is 1.08 bits per heavy atom. The molecule has 28 nitrogen and oxygen atoms in total. The van der Waals surface area contributed by atoms with Crippen LogP contribution < -0.4 is 73.9 Å². The van der Waals surface area contributed by atoms with Crippen LogP contribution in [0.2, 0.25) is 20.1 Å². The van der Waals surface area contributed by atoms with Crippen LogP contribution in [-0.4, -0.2) is 204 Å². The van der Waals surface area contributed by atoms with Crippen molar-refractivity contribution >= 4 is 246 Å². The Kier molecular flexibility index (Phi) is 44.9. The molecule has 0 aliphatic carbocycles. The first-order chi connectivity index (χ1) is 63.2. The standard InChI is InChI=1S/C22H21ClN4O2.2C13H18N4.2C9H4Cl2O2.C9H5ClO3.C7H7N3.C6H12ClN.C6H15N.Cl2OS.K.H2O/c23-16-7-8-19-15(13-16)14-20(29-19)21(28)25-22-24-17-5-1-2-6-18(17)27(22)12-11-26-9-3-4-10-26;2*14-13-15-11-5-1-2-6-12(11)17(13)10-9-16-7-3-4-8-16;3*10-6-1-2-7-5(3-6)4-8(13-7)9(11)12;8-7-9-5-3-1-2-4-6(5)10-7;7-3-6-8-4-1-2-5-8;1-4-7(5-2)6-3;1-4(2)3;;/h1-2,5-8,13-14H,3-4,9-12H2,(H,24,25,28);2*1-2,5-6H,3-4,7-10H2,(H2,14,15);2*1-4H;1-4H,(H,11,12);1-4H,(H3,8,9,10);1-6H2;4-6H2,1-3H3;;;1H2/q;;;;;;;;;;+1;/p-1. The fraction of sp³-hybridized carbons (Fsp3) is 0.319. The number of furan rings is 4. The summed E-state index contributed by atoms with van der Waals surface area (Å²) in [4.78, 5) is 77.4. The molecule has 39 heteroatoms. The van der Waals surface area contributed by atoms with Crippen LogP contribution in [-0.2, 0) is 28.9 Å². The smallest absolute Gasteiger partial charge is 0.870 e. The van der Waals surface area contributed by atoms with E-state index in [0.717, 1.165) is 125 Å². The number of hydrogen-bond donors (Lipinski definition) is 6. The van der Waals surface area contributed by atoms with Gasteiger partial charge >= 0.3 is 57.4 Å². The van der Waals surface area contributed by atoms with Crippen molar-refractivity contribution < 1.29 is 103 Å². The molecule has 4 fully saturated rings. The summed E-state index contributed by atoms with van der Waals surface area (Å²) < 4.78 is 36.4. The number of likely N-dealkylation sites (tertiary alicyclic amines) is 4. The number of nitrogen functional groups attached to an aromatic ring is 3. The number of aromatic carboxylic acids is 1. The van der Waals surface area contributed by atoms with Crippen molar-refractivity contribution in [1.29, 1.82) is 0 Å². The van der Waals surface area contributed by atoms with Gasteiger partial charge in [-0.25, -0.2) is 28.9 Å². The predicted molar refractivity (Wildman–Crippen MR) is 537 cm³/mol. The van der Waals surface area contributed by atoms with E-state index in [1.54, 1.807) is 91.0 Å². The number of carbonyl (C=O) groups is 4. The average Bonchev–Trinajstić information content (AvgIpc) is 1.65. The molecule has 12 heterocycles. The van der Waals surface area contributed by atoms with E-state index in [1.807, 2.05) is 84.9 Å². The van der Waals surface area contributed by atoms with Crippen LogP contribution in [0.4, 0.5) is 23.8 Å². The molecule has 4 aliphatic heterocycles. The van der Waals surface area contributed by atoms with Crippen LogP contribution in [0, 0.1) is 0 Å². The molecule has 20 rings (SSSR count). The molecular weight excluding hydrogens is 1930 g/mol. The van der Waals surface area contributed by atoms with Crippen LogP contribution in [0.1, 0.15) is 114 Å². The maximum Gasteiger partial charge on any atom is 1.00 e. The maximum atomic E-state index is 12.9. The van der Waals surface area contributed by atoms with E-state index in [1.165, 1.54) is 116 Å². The van der Waals surface area contributed by atoms with Gasteiger partial charge in [0.15, 0.2) is 23.2 Å². The number of aromatic amines is 1. The molecular formula is C94H105Cl9KN17O11S. The first kappa shape index (κ1) is 108. The molecule has 0 saturated carbocycles. The van der Waals surface area contributed by atoms with Gasteiger partial charge < -0.3 is 88.6 Å². The van der Waals surface area contributed by atoms with Gasteiger partial charge in [-0.05, 0) is 292 Å². The number of carboxylic acids is 1. The average molecular weight is 2040 g/mol. The van der Waals surface area contributed by atoms with Crippen LogP contribution in [0.3, 0.4) is 0 Å². The van der Waals surface area contributed by atoms with Gasteiger partial charge in [0.2, 0.25) is 32.8 Å². The topological polar surface area (TPSA) is 377 Å². The third kappa shape index (κ3) is 32.9. The van der Waals surface area contributed by atoms with Gasteiger partial charge in [0.05, 0.1) is 44.1 Å². The third-order valence-electron chi connectivity index (χ3n) is 21.8. The van der Waals surface area contributed by atoms with E-state index < -0.39 is 25.7 Å². The minimum atomic E-state index is -1.67. The first-order valence-corrected chi connectivity index (χ1v) is 48.5. The SMILES string of the molecule is CCN(CC)CC.ClCCN1CCCC1.Nc1nc2ccccc2[nH]1.Nc1nc2ccccc2n1CCN1CCCC1.Nc1nc2ccccc2n1CCN1CCCC1.O=C(Cl)c1cc2cc(Cl)ccc2o1.O=C(Cl)c1cc2cc(Cl)ccc2o1.O=C(Nc1nc2ccccc2n1CCN1CCCC1)c1cc2cc(Cl)ccc2o1.O=C(O)c1cc2cc(Cl)ccc2o1.O=S(Cl)Cl.[K+].[OH-]. The monoisotopic (exact) mass is 2030 g/mol. The molecule has 702 valence electrons. The van der Waals surface area contributed by atoms with Crippen LogP contribution >= 0.6 is 103 Å². The van der Waals surface area contributed by atoms with Gasteiger partial charge in [-0.2, -0.15) is 0 Å². The van der Waals surface area contributed by atoms with E-state index in [4.69, 9.17) is 125 Å². The number of anilines is 4. The van der Waals surface area contributed by atoms with E-state index in [0.29, 0.717) is 71.6 Å². The molecule has 0 atom stereocenters. The number of nitrogens with two attached hydrogens (primary N) is 3. The second kappa shape index (κ2) is 55.1. The zero-order valence-corrected chi connectivity index (χ0v) is 84.8.